The van der Waals surface area contributed by atoms with E-state index in [0.29, 0.717) is 15.7 Å². The molecule has 0 saturated carbocycles. The first-order chi connectivity index (χ1) is 10.4. The van der Waals surface area contributed by atoms with Crippen LogP contribution in [-0.2, 0) is 10.0 Å². The van der Waals surface area contributed by atoms with Gasteiger partial charge >= 0.3 is 0 Å². The lowest BCUT2D eigenvalue weighted by Crippen LogP contribution is -2.11. The average molecular weight is 375 g/mol. The number of nitrogens with one attached hydrogen (secondary N) is 1. The first kappa shape index (κ1) is 17.1. The fourth-order valence-corrected chi connectivity index (χ4v) is 3.82. The third-order valence-corrected chi connectivity index (χ3v) is 4.97. The van der Waals surface area contributed by atoms with E-state index in [-0.39, 0.29) is 10.1 Å². The van der Waals surface area contributed by atoms with Crippen molar-refractivity contribution in [2.75, 3.05) is 11.6 Å². The van der Waals surface area contributed by atoms with Crippen molar-refractivity contribution in [1.29, 1.82) is 0 Å². The van der Waals surface area contributed by atoms with Gasteiger partial charge in [-0.05, 0) is 36.6 Å². The first-order valence-electron chi connectivity index (χ1n) is 6.08. The van der Waals surface area contributed by atoms with Crippen molar-refractivity contribution in [3.05, 3.63) is 58.6 Å². The van der Waals surface area contributed by atoms with E-state index in [4.69, 9.17) is 23.2 Å². The van der Waals surface area contributed by atoms with Crippen molar-refractivity contribution in [1.82, 2.24) is 0 Å². The molecule has 0 aliphatic rings. The Balaban J connectivity index is 2.31. The van der Waals surface area contributed by atoms with E-state index in [1.807, 2.05) is 0 Å². The first-order valence-corrected chi connectivity index (χ1v) is 9.50. The molecule has 0 radical (unpaired) electrons. The zero-order valence-electron chi connectivity index (χ0n) is 11.5. The number of thioether (sulfide) groups is 1. The van der Waals surface area contributed by atoms with Crippen molar-refractivity contribution in [2.45, 2.75) is 4.90 Å². The van der Waals surface area contributed by atoms with E-state index >= 15 is 0 Å². The Bertz CT molecular complexity index is 773. The lowest BCUT2D eigenvalue weighted by molar-refractivity contribution is 0.598. The molecule has 0 spiro atoms. The van der Waals surface area contributed by atoms with E-state index in [1.54, 1.807) is 42.7 Å². The second-order valence-electron chi connectivity index (χ2n) is 4.17. The zero-order valence-corrected chi connectivity index (χ0v) is 14.6. The summed E-state index contributed by atoms with van der Waals surface area (Å²) in [6.45, 7) is 0. The van der Waals surface area contributed by atoms with Gasteiger partial charge in [-0.15, -0.1) is 4.40 Å². The lowest BCUT2D eigenvalue weighted by atomic mass is 10.3. The monoisotopic (exact) mass is 374 g/mol. The van der Waals surface area contributed by atoms with Crippen LogP contribution in [0.3, 0.4) is 0 Å². The van der Waals surface area contributed by atoms with Crippen LogP contribution >= 0.6 is 35.0 Å². The molecule has 2 rings (SSSR count). The summed E-state index contributed by atoms with van der Waals surface area (Å²) in [5.41, 5.74) is 0.564. The van der Waals surface area contributed by atoms with Crippen molar-refractivity contribution < 1.29 is 8.42 Å². The Kier molecular flexibility index (Phi) is 5.74. The molecule has 4 nitrogen and oxygen atoms in total. The number of halogens is 2. The van der Waals surface area contributed by atoms with Crippen LogP contribution in [0.1, 0.15) is 0 Å². The smallest absolute Gasteiger partial charge is 0.284 e. The fourth-order valence-electron chi connectivity index (χ4n) is 1.61. The number of nitrogens with zero attached hydrogens (tertiary/aromatic N) is 1. The quantitative estimate of drug-likeness (QED) is 0.633. The normalized spacial score (nSPS) is 12.2. The molecule has 0 aliphatic carbocycles. The minimum absolute atomic E-state index is 0.132. The molecule has 0 atom stereocenters. The number of rotatable bonds is 3. The molecule has 0 fully saturated rings. The molecule has 22 heavy (non-hydrogen) atoms. The maximum absolute atomic E-state index is 12.2. The average Bonchev–Trinajstić information content (AvgIpc) is 2.46. The highest BCUT2D eigenvalue weighted by molar-refractivity contribution is 8.14. The molecule has 0 saturated heterocycles. The summed E-state index contributed by atoms with van der Waals surface area (Å²) >= 11 is 13.0. The number of hydrogen-bond donors (Lipinski definition) is 1. The molecule has 1 N–H and O–H groups in total. The van der Waals surface area contributed by atoms with Gasteiger partial charge in [-0.2, -0.15) is 8.42 Å². The fraction of sp³-hybridized carbons (Fsp3) is 0.0714. The minimum Gasteiger partial charge on any atom is -0.334 e. The maximum Gasteiger partial charge on any atom is 0.284 e. The molecule has 0 aliphatic heterocycles. The Morgan fingerprint density at radius 3 is 2.23 bits per heavy atom. The molecule has 2 aromatic rings. The highest BCUT2D eigenvalue weighted by atomic mass is 35.5. The molecule has 0 bridgehead atoms. The minimum atomic E-state index is -3.77. The van der Waals surface area contributed by atoms with Gasteiger partial charge in [0, 0.05) is 15.7 Å². The highest BCUT2D eigenvalue weighted by Crippen LogP contribution is 2.23. The van der Waals surface area contributed by atoms with Crippen molar-refractivity contribution >= 4 is 55.8 Å². The van der Waals surface area contributed by atoms with Gasteiger partial charge in [0.05, 0.1) is 4.90 Å². The van der Waals surface area contributed by atoms with Crippen molar-refractivity contribution in [2.24, 2.45) is 4.40 Å². The van der Waals surface area contributed by atoms with E-state index in [0.717, 1.165) is 0 Å². The molecule has 116 valence electrons. The topological polar surface area (TPSA) is 58.5 Å². The number of anilines is 1. The van der Waals surface area contributed by atoms with Gasteiger partial charge in [-0.1, -0.05) is 53.2 Å². The van der Waals surface area contributed by atoms with Gasteiger partial charge in [-0.25, -0.2) is 0 Å². The molecule has 2 aromatic carbocycles. The van der Waals surface area contributed by atoms with Crippen LogP contribution < -0.4 is 5.32 Å². The largest absolute Gasteiger partial charge is 0.334 e. The van der Waals surface area contributed by atoms with Gasteiger partial charge in [-0.3, -0.25) is 0 Å². The molecular formula is C14H12Cl2N2O2S2. The molecule has 0 unspecified atom stereocenters. The van der Waals surface area contributed by atoms with E-state index < -0.39 is 10.0 Å². The maximum atomic E-state index is 12.2. The SMILES string of the molecule is CSC(=NS(=O)(=O)c1ccccc1)Nc1cc(Cl)cc(Cl)c1. The predicted molar refractivity (Wildman–Crippen MR) is 94.7 cm³/mol. The van der Waals surface area contributed by atoms with Crippen molar-refractivity contribution in [3.8, 4) is 0 Å². The standard InChI is InChI=1S/C14H12Cl2N2O2S2/c1-21-14(17-12-8-10(15)7-11(16)9-12)18-22(19,20)13-5-3-2-4-6-13/h2-9H,1H3,(H,17,18). The van der Waals surface area contributed by atoms with Gasteiger partial charge in [0.15, 0.2) is 5.17 Å². The zero-order chi connectivity index (χ0) is 16.2. The number of hydrogen-bond acceptors (Lipinski definition) is 3. The molecule has 8 heteroatoms. The van der Waals surface area contributed by atoms with Crippen LogP contribution in [0.4, 0.5) is 5.69 Å². The third-order valence-electron chi connectivity index (χ3n) is 2.55. The third kappa shape index (κ3) is 4.64. The Hall–Kier alpha value is -1.21. The number of benzene rings is 2. The van der Waals surface area contributed by atoms with Gasteiger partial charge in [0.1, 0.15) is 0 Å². The Morgan fingerprint density at radius 2 is 1.68 bits per heavy atom. The van der Waals surface area contributed by atoms with Crippen LogP contribution in [0.2, 0.25) is 10.0 Å². The van der Waals surface area contributed by atoms with Crippen LogP contribution in [0.25, 0.3) is 0 Å². The summed E-state index contributed by atoms with van der Waals surface area (Å²) in [6, 6.07) is 12.9. The second-order valence-corrected chi connectivity index (χ2v) is 7.44. The van der Waals surface area contributed by atoms with Crippen molar-refractivity contribution in [3.63, 3.8) is 0 Å². The van der Waals surface area contributed by atoms with Gasteiger partial charge < -0.3 is 5.32 Å². The molecular weight excluding hydrogens is 363 g/mol. The summed E-state index contributed by atoms with van der Waals surface area (Å²) in [6.07, 6.45) is 1.72. The lowest BCUT2D eigenvalue weighted by Gasteiger charge is -2.08. The summed E-state index contributed by atoms with van der Waals surface area (Å²) < 4.78 is 28.3. The number of sulfonamides is 1. The van der Waals surface area contributed by atoms with E-state index in [1.165, 1.54) is 23.9 Å². The summed E-state index contributed by atoms with van der Waals surface area (Å²) in [5, 5.41) is 4.02. The Labute approximate surface area is 143 Å². The molecule has 0 heterocycles. The van der Waals surface area contributed by atoms with Crippen LogP contribution in [-0.4, -0.2) is 19.8 Å². The Morgan fingerprint density at radius 1 is 1.09 bits per heavy atom. The van der Waals surface area contributed by atoms with Gasteiger partial charge in [0.25, 0.3) is 10.0 Å². The summed E-state index contributed by atoms with van der Waals surface area (Å²) in [5.74, 6) is 0. The van der Waals surface area contributed by atoms with Gasteiger partial charge in [0.2, 0.25) is 0 Å². The van der Waals surface area contributed by atoms with Crippen LogP contribution in [0, 0.1) is 0 Å². The highest BCUT2D eigenvalue weighted by Gasteiger charge is 2.14. The van der Waals surface area contributed by atoms with Crippen LogP contribution in [0.15, 0.2) is 57.8 Å². The van der Waals surface area contributed by atoms with E-state index in [9.17, 15) is 8.42 Å². The summed E-state index contributed by atoms with van der Waals surface area (Å²) in [7, 11) is -3.77. The molecule has 0 aromatic heterocycles. The summed E-state index contributed by atoms with van der Waals surface area (Å²) in [4.78, 5) is 0.132. The van der Waals surface area contributed by atoms with Crippen LogP contribution in [0.5, 0.6) is 0 Å². The molecule has 0 amide bonds. The second kappa shape index (κ2) is 7.37. The number of amidine groups is 1. The van der Waals surface area contributed by atoms with E-state index in [2.05, 4.69) is 9.71 Å². The predicted octanol–water partition coefficient (Wildman–Crippen LogP) is 4.51.